The van der Waals surface area contributed by atoms with Crippen molar-refractivity contribution in [2.24, 2.45) is 5.73 Å². The summed E-state index contributed by atoms with van der Waals surface area (Å²) >= 11 is 5.98. The predicted octanol–water partition coefficient (Wildman–Crippen LogP) is 4.08. The van der Waals surface area contributed by atoms with Gasteiger partial charge in [0.25, 0.3) is 0 Å². The molecule has 0 aromatic heterocycles. The number of rotatable bonds is 4. The van der Waals surface area contributed by atoms with Crippen LogP contribution < -0.4 is 10.5 Å². The summed E-state index contributed by atoms with van der Waals surface area (Å²) in [4.78, 5) is 0. The van der Waals surface area contributed by atoms with E-state index in [1.807, 2.05) is 6.07 Å². The van der Waals surface area contributed by atoms with E-state index in [0.29, 0.717) is 29.5 Å². The van der Waals surface area contributed by atoms with Crippen molar-refractivity contribution in [2.75, 3.05) is 6.54 Å². The molecule has 2 N–H and O–H groups in total. The summed E-state index contributed by atoms with van der Waals surface area (Å²) in [6, 6.07) is 9.85. The molecule has 0 saturated carbocycles. The maximum atomic E-state index is 13.1. The van der Waals surface area contributed by atoms with E-state index in [1.165, 1.54) is 12.1 Å². The third-order valence-corrected chi connectivity index (χ3v) is 3.03. The lowest BCUT2D eigenvalue weighted by atomic mass is 10.1. The molecular formula is C15H15ClFNO. The molecule has 0 aliphatic heterocycles. The Hall–Kier alpha value is -1.58. The third kappa shape index (κ3) is 3.46. The Bertz CT molecular complexity index is 586. The van der Waals surface area contributed by atoms with Gasteiger partial charge in [0.1, 0.15) is 17.3 Å². The Morgan fingerprint density at radius 2 is 1.95 bits per heavy atom. The first-order valence-corrected chi connectivity index (χ1v) is 6.40. The van der Waals surface area contributed by atoms with Crippen LogP contribution in [0.2, 0.25) is 5.02 Å². The van der Waals surface area contributed by atoms with E-state index in [-0.39, 0.29) is 5.82 Å². The molecule has 0 aliphatic carbocycles. The number of halogens is 2. The van der Waals surface area contributed by atoms with Crippen molar-refractivity contribution in [1.29, 1.82) is 0 Å². The van der Waals surface area contributed by atoms with E-state index in [2.05, 4.69) is 0 Å². The zero-order valence-corrected chi connectivity index (χ0v) is 11.4. The van der Waals surface area contributed by atoms with Crippen molar-refractivity contribution in [3.8, 4) is 11.5 Å². The van der Waals surface area contributed by atoms with Crippen molar-refractivity contribution >= 4 is 11.6 Å². The smallest absolute Gasteiger partial charge is 0.132 e. The molecule has 19 heavy (non-hydrogen) atoms. The van der Waals surface area contributed by atoms with Crippen LogP contribution in [0.3, 0.4) is 0 Å². The summed E-state index contributed by atoms with van der Waals surface area (Å²) in [5, 5.41) is 0.593. The third-order valence-electron chi connectivity index (χ3n) is 2.80. The quantitative estimate of drug-likeness (QED) is 0.915. The summed E-state index contributed by atoms with van der Waals surface area (Å²) < 4.78 is 18.9. The molecule has 0 radical (unpaired) electrons. The molecule has 0 spiro atoms. The summed E-state index contributed by atoms with van der Waals surface area (Å²) in [6.45, 7) is 2.33. The van der Waals surface area contributed by atoms with Gasteiger partial charge in [-0.05, 0) is 61.3 Å². The van der Waals surface area contributed by atoms with Crippen molar-refractivity contribution in [2.45, 2.75) is 13.3 Å². The van der Waals surface area contributed by atoms with Gasteiger partial charge in [0.05, 0.1) is 0 Å². The highest BCUT2D eigenvalue weighted by Gasteiger charge is 2.08. The van der Waals surface area contributed by atoms with Gasteiger partial charge >= 0.3 is 0 Å². The average Bonchev–Trinajstić information content (AvgIpc) is 2.36. The first-order valence-electron chi connectivity index (χ1n) is 6.02. The maximum Gasteiger partial charge on any atom is 0.132 e. The monoisotopic (exact) mass is 279 g/mol. The van der Waals surface area contributed by atoms with Gasteiger partial charge in [0, 0.05) is 5.02 Å². The van der Waals surface area contributed by atoms with Crippen molar-refractivity contribution in [3.05, 3.63) is 58.4 Å². The topological polar surface area (TPSA) is 35.2 Å². The van der Waals surface area contributed by atoms with Crippen LogP contribution in [0.1, 0.15) is 11.1 Å². The lowest BCUT2D eigenvalue weighted by Gasteiger charge is -2.13. The van der Waals surface area contributed by atoms with E-state index in [4.69, 9.17) is 22.1 Å². The van der Waals surface area contributed by atoms with Crippen LogP contribution in [0, 0.1) is 12.7 Å². The van der Waals surface area contributed by atoms with E-state index >= 15 is 0 Å². The minimum Gasteiger partial charge on any atom is -0.457 e. The zero-order valence-electron chi connectivity index (χ0n) is 10.6. The first kappa shape index (κ1) is 13.8. The molecule has 0 amide bonds. The highest BCUT2D eigenvalue weighted by molar-refractivity contribution is 6.30. The normalized spacial score (nSPS) is 10.5. The van der Waals surface area contributed by atoms with Gasteiger partial charge in [-0.2, -0.15) is 0 Å². The molecular weight excluding hydrogens is 265 g/mol. The van der Waals surface area contributed by atoms with Crippen LogP contribution in [0.15, 0.2) is 36.4 Å². The standard InChI is InChI=1S/C15H15ClFNO/c1-10-8-13(17)4-5-14(10)19-15-9-12(16)3-2-11(15)6-7-18/h2-5,8-9H,6-7,18H2,1H3. The first-order chi connectivity index (χ1) is 9.10. The van der Waals surface area contributed by atoms with Crippen LogP contribution >= 0.6 is 11.6 Å². The molecule has 0 fully saturated rings. The van der Waals surface area contributed by atoms with Gasteiger partial charge in [-0.25, -0.2) is 4.39 Å². The average molecular weight is 280 g/mol. The van der Waals surface area contributed by atoms with Crippen LogP contribution in [0.25, 0.3) is 0 Å². The minimum absolute atomic E-state index is 0.280. The van der Waals surface area contributed by atoms with Gasteiger partial charge in [-0.15, -0.1) is 0 Å². The van der Waals surface area contributed by atoms with Gasteiger partial charge in [-0.3, -0.25) is 0 Å². The van der Waals surface area contributed by atoms with E-state index in [9.17, 15) is 4.39 Å². The fourth-order valence-corrected chi connectivity index (χ4v) is 1.99. The second kappa shape index (κ2) is 6.04. The number of hydrogen-bond acceptors (Lipinski definition) is 2. The van der Waals surface area contributed by atoms with E-state index in [1.54, 1.807) is 25.1 Å². The summed E-state index contributed by atoms with van der Waals surface area (Å²) in [7, 11) is 0. The lowest BCUT2D eigenvalue weighted by molar-refractivity contribution is 0.470. The van der Waals surface area contributed by atoms with Crippen LogP contribution in [-0.4, -0.2) is 6.54 Å². The largest absolute Gasteiger partial charge is 0.457 e. The van der Waals surface area contributed by atoms with E-state index < -0.39 is 0 Å². The Balaban J connectivity index is 2.33. The van der Waals surface area contributed by atoms with Crippen molar-refractivity contribution in [1.82, 2.24) is 0 Å². The lowest BCUT2D eigenvalue weighted by Crippen LogP contribution is -2.04. The molecule has 4 heteroatoms. The van der Waals surface area contributed by atoms with Crippen LogP contribution in [-0.2, 0) is 6.42 Å². The molecule has 0 heterocycles. The Morgan fingerprint density at radius 1 is 1.16 bits per heavy atom. The van der Waals surface area contributed by atoms with E-state index in [0.717, 1.165) is 11.1 Å². The Labute approximate surface area is 117 Å². The zero-order chi connectivity index (χ0) is 13.8. The molecule has 0 bridgehead atoms. The molecule has 100 valence electrons. The molecule has 2 rings (SSSR count). The Kier molecular flexibility index (Phi) is 4.40. The van der Waals surface area contributed by atoms with Crippen molar-refractivity contribution in [3.63, 3.8) is 0 Å². The fourth-order valence-electron chi connectivity index (χ4n) is 1.83. The number of aryl methyl sites for hydroxylation is 1. The molecule has 0 atom stereocenters. The second-order valence-corrected chi connectivity index (χ2v) is 4.74. The van der Waals surface area contributed by atoms with Gasteiger partial charge < -0.3 is 10.5 Å². The predicted molar refractivity (Wildman–Crippen MR) is 75.4 cm³/mol. The second-order valence-electron chi connectivity index (χ2n) is 4.30. The molecule has 2 nitrogen and oxygen atoms in total. The number of benzene rings is 2. The molecule has 0 unspecified atom stereocenters. The summed E-state index contributed by atoms with van der Waals surface area (Å²) in [5.41, 5.74) is 7.29. The number of ether oxygens (including phenoxy) is 1. The summed E-state index contributed by atoms with van der Waals surface area (Å²) in [6.07, 6.45) is 0.701. The Morgan fingerprint density at radius 3 is 2.63 bits per heavy atom. The molecule has 2 aromatic carbocycles. The molecule has 0 aliphatic rings. The summed E-state index contributed by atoms with van der Waals surface area (Å²) in [5.74, 6) is 0.993. The number of hydrogen-bond donors (Lipinski definition) is 1. The molecule has 0 saturated heterocycles. The van der Waals surface area contributed by atoms with Crippen LogP contribution in [0.4, 0.5) is 4.39 Å². The van der Waals surface area contributed by atoms with Gasteiger partial charge in [0.2, 0.25) is 0 Å². The SMILES string of the molecule is Cc1cc(F)ccc1Oc1cc(Cl)ccc1CCN. The fraction of sp³-hybridized carbons (Fsp3) is 0.200. The number of nitrogens with two attached hydrogens (primary N) is 1. The van der Waals surface area contributed by atoms with Gasteiger partial charge in [0.15, 0.2) is 0 Å². The highest BCUT2D eigenvalue weighted by atomic mass is 35.5. The van der Waals surface area contributed by atoms with Crippen LogP contribution in [0.5, 0.6) is 11.5 Å². The molecule has 2 aromatic rings. The van der Waals surface area contributed by atoms with Gasteiger partial charge in [-0.1, -0.05) is 17.7 Å². The maximum absolute atomic E-state index is 13.1. The highest BCUT2D eigenvalue weighted by Crippen LogP contribution is 2.30. The minimum atomic E-state index is -0.280. The van der Waals surface area contributed by atoms with Crippen molar-refractivity contribution < 1.29 is 9.13 Å².